The van der Waals surface area contributed by atoms with Gasteiger partial charge in [-0.3, -0.25) is 4.79 Å². The molecule has 0 bridgehead atoms. The number of rotatable bonds is 5. The number of aryl methyl sites for hydroxylation is 1. The molecule has 2 aromatic carbocycles. The molecule has 0 amide bonds. The van der Waals surface area contributed by atoms with Gasteiger partial charge in [0, 0.05) is 35.9 Å². The molecule has 0 aliphatic carbocycles. The van der Waals surface area contributed by atoms with E-state index in [0.29, 0.717) is 4.53 Å². The van der Waals surface area contributed by atoms with Gasteiger partial charge < -0.3 is 9.47 Å². The van der Waals surface area contributed by atoms with E-state index in [0.717, 1.165) is 51.7 Å². The average molecular weight is 443 g/mol. The number of thiazole rings is 1. The van der Waals surface area contributed by atoms with Crippen LogP contribution in [0.5, 0.6) is 0 Å². The molecule has 162 valence electrons. The standard InChI is InChI=1S/C26H26N4OS/c1-5-28(6-2)20-11-13-21(14-12-20)29-17(3)15-19(18(29)4)16-24-25(31)30-23-10-8-7-9-22(23)27-26(30)32-24/h7-16H,5-6H2,1-4H3. The molecular formula is C26H26N4OS. The molecule has 3 heterocycles. The van der Waals surface area contributed by atoms with E-state index >= 15 is 0 Å². The van der Waals surface area contributed by atoms with Crippen molar-refractivity contribution in [2.45, 2.75) is 27.7 Å². The van der Waals surface area contributed by atoms with Gasteiger partial charge in [0.05, 0.1) is 15.6 Å². The van der Waals surface area contributed by atoms with Crippen molar-refractivity contribution in [1.82, 2.24) is 14.0 Å². The minimum absolute atomic E-state index is 0.00733. The summed E-state index contributed by atoms with van der Waals surface area (Å²) in [4.78, 5) is 20.8. The number of hydrogen-bond donors (Lipinski definition) is 0. The number of benzene rings is 2. The first-order valence-electron chi connectivity index (χ1n) is 11.0. The summed E-state index contributed by atoms with van der Waals surface area (Å²) in [5.41, 5.74) is 7.39. The van der Waals surface area contributed by atoms with Crippen LogP contribution in [0.25, 0.3) is 27.8 Å². The maximum absolute atomic E-state index is 13.1. The number of fused-ring (bicyclic) bond motifs is 3. The fourth-order valence-electron chi connectivity index (χ4n) is 4.49. The molecule has 0 radical (unpaired) electrons. The highest BCUT2D eigenvalue weighted by atomic mass is 32.1. The summed E-state index contributed by atoms with van der Waals surface area (Å²) in [7, 11) is 0. The number of para-hydroxylation sites is 2. The highest BCUT2D eigenvalue weighted by Crippen LogP contribution is 2.24. The molecule has 0 spiro atoms. The zero-order valence-corrected chi connectivity index (χ0v) is 19.6. The Balaban J connectivity index is 1.58. The summed E-state index contributed by atoms with van der Waals surface area (Å²) in [6.45, 7) is 10.6. The molecule has 0 aliphatic rings. The van der Waals surface area contributed by atoms with Crippen molar-refractivity contribution in [3.63, 3.8) is 0 Å². The molecule has 32 heavy (non-hydrogen) atoms. The van der Waals surface area contributed by atoms with Crippen molar-refractivity contribution in [3.8, 4) is 5.69 Å². The molecule has 5 nitrogen and oxygen atoms in total. The summed E-state index contributed by atoms with van der Waals surface area (Å²) in [5, 5.41) is 0. The van der Waals surface area contributed by atoms with Crippen LogP contribution in [-0.4, -0.2) is 27.0 Å². The van der Waals surface area contributed by atoms with E-state index in [1.165, 1.54) is 17.0 Å². The average Bonchev–Trinajstić information content (AvgIpc) is 3.40. The van der Waals surface area contributed by atoms with Crippen molar-refractivity contribution in [2.24, 2.45) is 0 Å². The van der Waals surface area contributed by atoms with Crippen LogP contribution in [0.1, 0.15) is 30.8 Å². The number of imidazole rings is 1. The van der Waals surface area contributed by atoms with Crippen LogP contribution >= 0.6 is 11.3 Å². The van der Waals surface area contributed by atoms with E-state index in [-0.39, 0.29) is 5.56 Å². The van der Waals surface area contributed by atoms with Crippen molar-refractivity contribution in [2.75, 3.05) is 18.0 Å². The lowest BCUT2D eigenvalue weighted by Gasteiger charge is -2.21. The quantitative estimate of drug-likeness (QED) is 0.396. The molecule has 5 aromatic rings. The van der Waals surface area contributed by atoms with Gasteiger partial charge in [0.1, 0.15) is 0 Å². The monoisotopic (exact) mass is 442 g/mol. The van der Waals surface area contributed by atoms with Crippen LogP contribution in [0.15, 0.2) is 59.4 Å². The molecule has 6 heteroatoms. The molecule has 0 unspecified atom stereocenters. The second-order valence-corrected chi connectivity index (χ2v) is 8.99. The molecule has 0 saturated heterocycles. The van der Waals surface area contributed by atoms with Gasteiger partial charge in [-0.1, -0.05) is 23.5 Å². The molecule has 3 aromatic heterocycles. The van der Waals surface area contributed by atoms with E-state index in [1.807, 2.05) is 30.3 Å². The van der Waals surface area contributed by atoms with E-state index < -0.39 is 0 Å². The van der Waals surface area contributed by atoms with Crippen LogP contribution in [0.3, 0.4) is 0 Å². The maximum Gasteiger partial charge on any atom is 0.274 e. The minimum atomic E-state index is -0.00733. The topological polar surface area (TPSA) is 42.5 Å². The van der Waals surface area contributed by atoms with Crippen molar-refractivity contribution < 1.29 is 0 Å². The first-order valence-corrected chi connectivity index (χ1v) is 11.8. The number of hydrogen-bond acceptors (Lipinski definition) is 4. The van der Waals surface area contributed by atoms with E-state index in [4.69, 9.17) is 0 Å². The third-order valence-corrected chi connectivity index (χ3v) is 7.11. The third-order valence-electron chi connectivity index (χ3n) is 6.14. The SMILES string of the molecule is CCN(CC)c1ccc(-n2c(C)cc(C=c3sc4nc5ccccc5n4c3=O)c2C)cc1. The highest BCUT2D eigenvalue weighted by molar-refractivity contribution is 7.15. The normalized spacial score (nSPS) is 12.3. The van der Waals surface area contributed by atoms with Crippen LogP contribution in [0.4, 0.5) is 5.69 Å². The van der Waals surface area contributed by atoms with Gasteiger partial charge in [-0.25, -0.2) is 9.38 Å². The Kier molecular flexibility index (Phi) is 5.10. The first kappa shape index (κ1) is 20.5. The Hall–Kier alpha value is -3.38. The van der Waals surface area contributed by atoms with Crippen LogP contribution in [0.2, 0.25) is 0 Å². The van der Waals surface area contributed by atoms with Gasteiger partial charge in [0.25, 0.3) is 5.56 Å². The molecular weight excluding hydrogens is 416 g/mol. The summed E-state index contributed by atoms with van der Waals surface area (Å²) >= 11 is 1.44. The van der Waals surface area contributed by atoms with Gasteiger partial charge >= 0.3 is 0 Å². The van der Waals surface area contributed by atoms with Crippen LogP contribution in [-0.2, 0) is 0 Å². The Labute approximate surface area is 190 Å². The zero-order valence-electron chi connectivity index (χ0n) is 18.8. The number of nitrogens with zero attached hydrogens (tertiary/aromatic N) is 4. The van der Waals surface area contributed by atoms with Crippen LogP contribution in [0, 0.1) is 13.8 Å². The number of anilines is 1. The molecule has 0 fully saturated rings. The van der Waals surface area contributed by atoms with Crippen LogP contribution < -0.4 is 15.0 Å². The summed E-state index contributed by atoms with van der Waals surface area (Å²) in [6, 6.07) is 18.6. The third kappa shape index (κ3) is 3.22. The van der Waals surface area contributed by atoms with E-state index in [2.05, 4.69) is 72.5 Å². The Morgan fingerprint density at radius 3 is 2.47 bits per heavy atom. The Bertz CT molecular complexity index is 1540. The van der Waals surface area contributed by atoms with Gasteiger partial charge in [-0.15, -0.1) is 0 Å². The van der Waals surface area contributed by atoms with Crippen molar-refractivity contribution >= 4 is 39.1 Å². The van der Waals surface area contributed by atoms with Gasteiger partial charge in [0.2, 0.25) is 0 Å². The molecule has 0 saturated carbocycles. The second kappa shape index (κ2) is 7.95. The van der Waals surface area contributed by atoms with Gasteiger partial charge in [-0.05, 0) is 81.8 Å². The van der Waals surface area contributed by atoms with E-state index in [1.54, 1.807) is 4.40 Å². The highest BCUT2D eigenvalue weighted by Gasteiger charge is 2.13. The predicted molar refractivity (Wildman–Crippen MR) is 134 cm³/mol. The summed E-state index contributed by atoms with van der Waals surface area (Å²) in [5.74, 6) is 0. The molecule has 0 aliphatic heterocycles. The van der Waals surface area contributed by atoms with Crippen molar-refractivity contribution in [1.29, 1.82) is 0 Å². The lowest BCUT2D eigenvalue weighted by molar-refractivity contribution is 0.865. The maximum atomic E-state index is 13.1. The fraction of sp³-hybridized carbons (Fsp3) is 0.231. The number of aromatic nitrogens is 3. The minimum Gasteiger partial charge on any atom is -0.372 e. The summed E-state index contributed by atoms with van der Waals surface area (Å²) in [6.07, 6.45) is 2.00. The Morgan fingerprint density at radius 2 is 1.75 bits per heavy atom. The van der Waals surface area contributed by atoms with Gasteiger partial charge in [-0.2, -0.15) is 0 Å². The molecule has 5 rings (SSSR count). The molecule has 0 N–H and O–H groups in total. The predicted octanol–water partition coefficient (Wildman–Crippen LogP) is 4.71. The van der Waals surface area contributed by atoms with Crippen molar-refractivity contribution in [3.05, 3.63) is 86.4 Å². The first-order chi connectivity index (χ1) is 15.5. The van der Waals surface area contributed by atoms with E-state index in [9.17, 15) is 4.79 Å². The smallest absolute Gasteiger partial charge is 0.274 e. The second-order valence-electron chi connectivity index (χ2n) is 7.98. The lowest BCUT2D eigenvalue weighted by atomic mass is 10.2. The van der Waals surface area contributed by atoms with Gasteiger partial charge in [0.15, 0.2) is 4.96 Å². The Morgan fingerprint density at radius 1 is 1.03 bits per heavy atom. The summed E-state index contributed by atoms with van der Waals surface area (Å²) < 4.78 is 4.67. The largest absolute Gasteiger partial charge is 0.372 e. The lowest BCUT2D eigenvalue weighted by Crippen LogP contribution is -2.22. The fourth-order valence-corrected chi connectivity index (χ4v) is 5.46. The zero-order chi connectivity index (χ0) is 22.4. The molecule has 0 atom stereocenters.